The summed E-state index contributed by atoms with van der Waals surface area (Å²) < 4.78 is 0. The minimum Gasteiger partial charge on any atom is -0.303 e. The Balaban J connectivity index is 1.63. The summed E-state index contributed by atoms with van der Waals surface area (Å²) in [4.78, 5) is 38.8. The van der Waals surface area contributed by atoms with Gasteiger partial charge >= 0.3 is 0 Å². The molecule has 1 aromatic rings. The van der Waals surface area contributed by atoms with Gasteiger partial charge < -0.3 is 9.69 Å². The van der Waals surface area contributed by atoms with Crippen molar-refractivity contribution in [3.05, 3.63) is 35.4 Å². The summed E-state index contributed by atoms with van der Waals surface area (Å²) in [6, 6.07) is 6.93. The summed E-state index contributed by atoms with van der Waals surface area (Å²) in [6.07, 6.45) is 2.94. The fourth-order valence-corrected chi connectivity index (χ4v) is 3.09. The van der Waals surface area contributed by atoms with E-state index >= 15 is 0 Å². The van der Waals surface area contributed by atoms with E-state index in [2.05, 4.69) is 4.90 Å². The van der Waals surface area contributed by atoms with Crippen molar-refractivity contribution in [1.29, 1.82) is 0 Å². The number of likely N-dealkylation sites (tertiary alicyclic amines) is 1. The average molecular weight is 286 g/mol. The molecule has 0 aliphatic carbocycles. The normalized spacial score (nSPS) is 22.5. The molecule has 0 aromatic heterocycles. The number of imide groups is 1. The first-order valence-electron chi connectivity index (χ1n) is 7.33. The van der Waals surface area contributed by atoms with E-state index in [0.717, 1.165) is 32.2 Å². The molecule has 2 heterocycles. The first-order chi connectivity index (χ1) is 10.2. The number of amides is 2. The van der Waals surface area contributed by atoms with Crippen molar-refractivity contribution in [1.82, 2.24) is 9.80 Å². The number of piperidine rings is 1. The number of benzene rings is 1. The van der Waals surface area contributed by atoms with Crippen LogP contribution >= 0.6 is 0 Å². The number of hydrogen-bond donors (Lipinski definition) is 0. The maximum absolute atomic E-state index is 12.2. The zero-order valence-electron chi connectivity index (χ0n) is 11.8. The Bertz CT molecular complexity index is 550. The summed E-state index contributed by atoms with van der Waals surface area (Å²) in [7, 11) is 0. The van der Waals surface area contributed by atoms with Crippen LogP contribution in [-0.4, -0.2) is 54.1 Å². The smallest absolute Gasteiger partial charge is 0.261 e. The molecule has 5 heteroatoms. The topological polar surface area (TPSA) is 57.7 Å². The minimum absolute atomic E-state index is 0.0842. The van der Waals surface area contributed by atoms with Crippen LogP contribution in [0.1, 0.15) is 33.6 Å². The standard InChI is InChI=1S/C16H18N2O3/c19-11-12-4-3-7-17(10-12)8-9-18-15(20)13-5-1-2-6-14(13)16(18)21/h1-2,5-6,11-12H,3-4,7-10H2. The monoisotopic (exact) mass is 286 g/mol. The molecule has 21 heavy (non-hydrogen) atoms. The van der Waals surface area contributed by atoms with Crippen molar-refractivity contribution in [3.63, 3.8) is 0 Å². The number of rotatable bonds is 4. The number of aldehydes is 1. The van der Waals surface area contributed by atoms with E-state index in [4.69, 9.17) is 0 Å². The van der Waals surface area contributed by atoms with Gasteiger partial charge in [-0.05, 0) is 31.5 Å². The van der Waals surface area contributed by atoms with Crippen LogP contribution in [-0.2, 0) is 4.79 Å². The van der Waals surface area contributed by atoms with Crippen LogP contribution in [0.5, 0.6) is 0 Å². The largest absolute Gasteiger partial charge is 0.303 e. The SMILES string of the molecule is O=CC1CCCN(CCN2C(=O)c3ccccc3C2=O)C1. The van der Waals surface area contributed by atoms with Crippen LogP contribution in [0.3, 0.4) is 0 Å². The summed E-state index contributed by atoms with van der Waals surface area (Å²) >= 11 is 0. The second-order valence-corrected chi connectivity index (χ2v) is 5.65. The van der Waals surface area contributed by atoms with E-state index in [-0.39, 0.29) is 17.7 Å². The highest BCUT2D eigenvalue weighted by Crippen LogP contribution is 2.22. The molecule has 3 rings (SSSR count). The van der Waals surface area contributed by atoms with Crippen molar-refractivity contribution < 1.29 is 14.4 Å². The van der Waals surface area contributed by atoms with Gasteiger partial charge in [0.15, 0.2) is 0 Å². The van der Waals surface area contributed by atoms with Gasteiger partial charge in [-0.25, -0.2) is 0 Å². The van der Waals surface area contributed by atoms with Gasteiger partial charge in [0.2, 0.25) is 0 Å². The first kappa shape index (κ1) is 13.9. The molecule has 2 aliphatic heterocycles. The molecule has 5 nitrogen and oxygen atoms in total. The third-order valence-electron chi connectivity index (χ3n) is 4.25. The molecule has 1 fully saturated rings. The molecule has 2 aliphatic rings. The molecule has 1 unspecified atom stereocenters. The predicted molar refractivity (Wildman–Crippen MR) is 77.0 cm³/mol. The zero-order chi connectivity index (χ0) is 14.8. The lowest BCUT2D eigenvalue weighted by molar-refractivity contribution is -0.112. The molecular weight excluding hydrogens is 268 g/mol. The predicted octanol–water partition coefficient (Wildman–Crippen LogP) is 1.19. The summed E-state index contributed by atoms with van der Waals surface area (Å²) in [6.45, 7) is 2.67. The molecule has 0 N–H and O–H groups in total. The van der Waals surface area contributed by atoms with Gasteiger partial charge in [0.05, 0.1) is 11.1 Å². The number of carbonyl (C=O) groups excluding carboxylic acids is 3. The van der Waals surface area contributed by atoms with Gasteiger partial charge in [0.25, 0.3) is 11.8 Å². The fourth-order valence-electron chi connectivity index (χ4n) is 3.09. The van der Waals surface area contributed by atoms with Gasteiger partial charge in [0.1, 0.15) is 6.29 Å². The second kappa shape index (κ2) is 5.77. The molecule has 0 radical (unpaired) electrons. The van der Waals surface area contributed by atoms with Crippen LogP contribution in [0, 0.1) is 5.92 Å². The quantitative estimate of drug-likeness (QED) is 0.616. The van der Waals surface area contributed by atoms with Crippen molar-refractivity contribution in [3.8, 4) is 0 Å². The van der Waals surface area contributed by atoms with Gasteiger partial charge in [-0.15, -0.1) is 0 Å². The highest BCUT2D eigenvalue weighted by molar-refractivity contribution is 6.21. The van der Waals surface area contributed by atoms with Crippen molar-refractivity contribution in [2.24, 2.45) is 5.92 Å². The Labute approximate surface area is 123 Å². The zero-order valence-corrected chi connectivity index (χ0v) is 11.8. The molecule has 0 spiro atoms. The average Bonchev–Trinajstić information content (AvgIpc) is 2.78. The van der Waals surface area contributed by atoms with E-state index in [1.54, 1.807) is 24.3 Å². The maximum atomic E-state index is 12.2. The highest BCUT2D eigenvalue weighted by atomic mass is 16.2. The van der Waals surface area contributed by atoms with E-state index in [1.165, 1.54) is 4.90 Å². The Morgan fingerprint density at radius 2 is 1.76 bits per heavy atom. The van der Waals surface area contributed by atoms with E-state index in [9.17, 15) is 14.4 Å². The highest BCUT2D eigenvalue weighted by Gasteiger charge is 2.35. The Morgan fingerprint density at radius 3 is 2.38 bits per heavy atom. The second-order valence-electron chi connectivity index (χ2n) is 5.65. The Kier molecular flexibility index (Phi) is 3.84. The van der Waals surface area contributed by atoms with Crippen LogP contribution in [0.4, 0.5) is 0 Å². The lowest BCUT2D eigenvalue weighted by atomic mass is 10.00. The molecule has 2 amide bonds. The van der Waals surface area contributed by atoms with Gasteiger partial charge in [0, 0.05) is 25.6 Å². The van der Waals surface area contributed by atoms with Gasteiger partial charge in [-0.3, -0.25) is 14.5 Å². The number of fused-ring (bicyclic) bond motifs is 1. The van der Waals surface area contributed by atoms with Crippen molar-refractivity contribution >= 4 is 18.1 Å². The van der Waals surface area contributed by atoms with Crippen LogP contribution in [0.25, 0.3) is 0 Å². The van der Waals surface area contributed by atoms with E-state index in [1.807, 2.05) is 0 Å². The molecule has 0 saturated carbocycles. The number of carbonyl (C=O) groups is 3. The summed E-state index contributed by atoms with van der Waals surface area (Å²) in [5.41, 5.74) is 0.985. The van der Waals surface area contributed by atoms with Crippen LogP contribution in [0.15, 0.2) is 24.3 Å². The lowest BCUT2D eigenvalue weighted by Crippen LogP contribution is -2.42. The minimum atomic E-state index is -0.209. The molecule has 0 bridgehead atoms. The van der Waals surface area contributed by atoms with Crippen molar-refractivity contribution in [2.45, 2.75) is 12.8 Å². The molecule has 1 aromatic carbocycles. The van der Waals surface area contributed by atoms with Crippen LogP contribution in [0.2, 0.25) is 0 Å². The number of hydrogen-bond acceptors (Lipinski definition) is 4. The van der Waals surface area contributed by atoms with Gasteiger partial charge in [-0.2, -0.15) is 0 Å². The first-order valence-corrected chi connectivity index (χ1v) is 7.33. The summed E-state index contributed by atoms with van der Waals surface area (Å²) in [5, 5.41) is 0. The Hall–Kier alpha value is -2.01. The number of nitrogens with zero attached hydrogens (tertiary/aromatic N) is 2. The third-order valence-corrected chi connectivity index (χ3v) is 4.25. The lowest BCUT2D eigenvalue weighted by Gasteiger charge is -2.31. The fraction of sp³-hybridized carbons (Fsp3) is 0.438. The summed E-state index contributed by atoms with van der Waals surface area (Å²) in [5.74, 6) is -0.333. The van der Waals surface area contributed by atoms with Crippen molar-refractivity contribution in [2.75, 3.05) is 26.2 Å². The molecular formula is C16H18N2O3. The molecule has 1 atom stereocenters. The Morgan fingerprint density at radius 1 is 1.10 bits per heavy atom. The van der Waals surface area contributed by atoms with Gasteiger partial charge in [-0.1, -0.05) is 12.1 Å². The third kappa shape index (κ3) is 2.61. The molecule has 1 saturated heterocycles. The maximum Gasteiger partial charge on any atom is 0.261 e. The van der Waals surface area contributed by atoms with Crippen LogP contribution < -0.4 is 0 Å². The molecule has 110 valence electrons. The van der Waals surface area contributed by atoms with E-state index < -0.39 is 0 Å². The van der Waals surface area contributed by atoms with E-state index in [0.29, 0.717) is 24.2 Å².